The van der Waals surface area contributed by atoms with Gasteiger partial charge in [0.2, 0.25) is 5.91 Å². The second kappa shape index (κ2) is 10.5. The molecule has 0 aliphatic heterocycles. The van der Waals surface area contributed by atoms with Crippen molar-refractivity contribution in [3.8, 4) is 0 Å². The van der Waals surface area contributed by atoms with Gasteiger partial charge >= 0.3 is 0 Å². The number of carbonyl (C=O) groups excluding carboxylic acids is 1. The quantitative estimate of drug-likeness (QED) is 0.311. The zero-order valence-corrected chi connectivity index (χ0v) is 15.5. The van der Waals surface area contributed by atoms with Crippen LogP contribution in [0.25, 0.3) is 0 Å². The van der Waals surface area contributed by atoms with E-state index in [4.69, 9.17) is 0 Å². The molecule has 1 amide bonds. The van der Waals surface area contributed by atoms with Gasteiger partial charge < -0.3 is 16.0 Å². The second-order valence-electron chi connectivity index (χ2n) is 7.42. The Kier molecular flexibility index (Phi) is 9.03. The van der Waals surface area contributed by atoms with Crippen molar-refractivity contribution in [3.63, 3.8) is 0 Å². The molecule has 1 rings (SSSR count). The molecule has 134 valence electrons. The smallest absolute Gasteiger partial charge is 0.220 e. The SMILES string of the molecule is CCCCCC(C)(C)CNC(=NC)NCCCC(=O)NC1CC1. The number of aliphatic imine (C=N–C) groups is 1. The summed E-state index contributed by atoms with van der Waals surface area (Å²) >= 11 is 0. The lowest BCUT2D eigenvalue weighted by Crippen LogP contribution is -2.42. The van der Waals surface area contributed by atoms with Gasteiger partial charge in [-0.15, -0.1) is 0 Å². The standard InChI is InChI=1S/C18H36N4O/c1-5-6-7-12-18(2,3)14-21-17(19-4)20-13-8-9-16(23)22-15-10-11-15/h15H,5-14H2,1-4H3,(H,22,23)(H2,19,20,21). The first-order valence-electron chi connectivity index (χ1n) is 9.20. The maximum absolute atomic E-state index is 11.6. The number of hydrogen-bond acceptors (Lipinski definition) is 2. The Bertz CT molecular complexity index is 375. The van der Waals surface area contributed by atoms with Gasteiger partial charge in [-0.25, -0.2) is 0 Å². The van der Waals surface area contributed by atoms with Crippen molar-refractivity contribution >= 4 is 11.9 Å². The summed E-state index contributed by atoms with van der Waals surface area (Å²) in [5, 5.41) is 9.71. The third-order valence-electron chi connectivity index (χ3n) is 4.23. The van der Waals surface area contributed by atoms with Crippen LogP contribution in [0, 0.1) is 5.41 Å². The van der Waals surface area contributed by atoms with E-state index in [1.54, 1.807) is 7.05 Å². The minimum Gasteiger partial charge on any atom is -0.356 e. The van der Waals surface area contributed by atoms with Crippen LogP contribution in [0.1, 0.15) is 72.1 Å². The Morgan fingerprint density at radius 2 is 1.91 bits per heavy atom. The molecule has 0 unspecified atom stereocenters. The molecular formula is C18H36N4O. The van der Waals surface area contributed by atoms with Crippen LogP contribution in [0.2, 0.25) is 0 Å². The maximum atomic E-state index is 11.6. The predicted molar refractivity (Wildman–Crippen MR) is 97.7 cm³/mol. The molecule has 0 aromatic carbocycles. The number of unbranched alkanes of at least 4 members (excludes halogenated alkanes) is 2. The fraction of sp³-hybridized carbons (Fsp3) is 0.889. The van der Waals surface area contributed by atoms with E-state index in [0.29, 0.717) is 12.5 Å². The van der Waals surface area contributed by atoms with Crippen molar-refractivity contribution in [3.05, 3.63) is 0 Å². The molecule has 0 spiro atoms. The molecule has 0 aromatic rings. The first kappa shape index (κ1) is 19.8. The summed E-state index contributed by atoms with van der Waals surface area (Å²) in [5.41, 5.74) is 0.275. The lowest BCUT2D eigenvalue weighted by atomic mass is 9.87. The summed E-state index contributed by atoms with van der Waals surface area (Å²) < 4.78 is 0. The van der Waals surface area contributed by atoms with Gasteiger partial charge in [0.15, 0.2) is 5.96 Å². The van der Waals surface area contributed by atoms with Crippen molar-refractivity contribution in [1.82, 2.24) is 16.0 Å². The molecule has 1 aliphatic carbocycles. The lowest BCUT2D eigenvalue weighted by Gasteiger charge is -2.26. The average molecular weight is 325 g/mol. The van der Waals surface area contributed by atoms with Gasteiger partial charge in [-0.05, 0) is 31.1 Å². The molecule has 0 aromatic heterocycles. The molecule has 1 fully saturated rings. The van der Waals surface area contributed by atoms with Crippen LogP contribution in [-0.2, 0) is 4.79 Å². The van der Waals surface area contributed by atoms with Crippen LogP contribution in [0.5, 0.6) is 0 Å². The van der Waals surface area contributed by atoms with Crippen molar-refractivity contribution < 1.29 is 4.79 Å². The van der Waals surface area contributed by atoms with E-state index in [-0.39, 0.29) is 11.3 Å². The van der Waals surface area contributed by atoms with E-state index in [0.717, 1.165) is 38.3 Å². The summed E-state index contributed by atoms with van der Waals surface area (Å²) in [6.07, 6.45) is 8.80. The Morgan fingerprint density at radius 1 is 1.17 bits per heavy atom. The number of carbonyl (C=O) groups is 1. The Balaban J connectivity index is 2.11. The van der Waals surface area contributed by atoms with Gasteiger partial charge in [0.25, 0.3) is 0 Å². The molecule has 23 heavy (non-hydrogen) atoms. The number of hydrogen-bond donors (Lipinski definition) is 3. The summed E-state index contributed by atoms with van der Waals surface area (Å²) in [7, 11) is 1.79. The molecule has 0 bridgehead atoms. The van der Waals surface area contributed by atoms with Crippen molar-refractivity contribution in [2.45, 2.75) is 78.2 Å². The fourth-order valence-electron chi connectivity index (χ4n) is 2.47. The third kappa shape index (κ3) is 10.2. The minimum atomic E-state index is 0.175. The predicted octanol–water partition coefficient (Wildman–Crippen LogP) is 2.82. The zero-order valence-electron chi connectivity index (χ0n) is 15.5. The molecule has 0 atom stereocenters. The average Bonchev–Trinajstić information content (AvgIpc) is 3.30. The highest BCUT2D eigenvalue weighted by molar-refractivity contribution is 5.80. The molecular weight excluding hydrogens is 288 g/mol. The van der Waals surface area contributed by atoms with Gasteiger partial charge in [-0.1, -0.05) is 40.0 Å². The van der Waals surface area contributed by atoms with Crippen LogP contribution >= 0.6 is 0 Å². The Labute approximate surface area is 142 Å². The highest BCUT2D eigenvalue weighted by Gasteiger charge is 2.22. The monoisotopic (exact) mass is 324 g/mol. The number of nitrogens with zero attached hydrogens (tertiary/aromatic N) is 1. The molecule has 3 N–H and O–H groups in total. The number of rotatable bonds is 11. The van der Waals surface area contributed by atoms with E-state index in [9.17, 15) is 4.79 Å². The minimum absolute atomic E-state index is 0.175. The van der Waals surface area contributed by atoms with E-state index < -0.39 is 0 Å². The van der Waals surface area contributed by atoms with Crippen LogP contribution in [0.3, 0.4) is 0 Å². The van der Waals surface area contributed by atoms with Crippen LogP contribution in [-0.4, -0.2) is 38.0 Å². The van der Waals surface area contributed by atoms with Gasteiger partial charge in [-0.3, -0.25) is 9.79 Å². The molecule has 0 radical (unpaired) electrons. The summed E-state index contributed by atoms with van der Waals surface area (Å²) in [6.45, 7) is 8.52. The molecule has 1 aliphatic rings. The number of nitrogens with one attached hydrogen (secondary N) is 3. The zero-order chi connectivity index (χ0) is 17.1. The first-order chi connectivity index (χ1) is 11.0. The van der Waals surface area contributed by atoms with E-state index >= 15 is 0 Å². The van der Waals surface area contributed by atoms with E-state index in [1.807, 2.05) is 0 Å². The molecule has 0 saturated heterocycles. The highest BCUT2D eigenvalue weighted by atomic mass is 16.1. The summed E-state index contributed by atoms with van der Waals surface area (Å²) in [6, 6.07) is 0.458. The normalized spacial score (nSPS) is 15.4. The van der Waals surface area contributed by atoms with E-state index in [1.165, 1.54) is 25.7 Å². The maximum Gasteiger partial charge on any atom is 0.220 e. The molecule has 5 nitrogen and oxygen atoms in total. The summed E-state index contributed by atoms with van der Waals surface area (Å²) in [4.78, 5) is 15.9. The van der Waals surface area contributed by atoms with Crippen LogP contribution in [0.4, 0.5) is 0 Å². The van der Waals surface area contributed by atoms with Gasteiger partial charge in [0.1, 0.15) is 0 Å². The Morgan fingerprint density at radius 3 is 2.52 bits per heavy atom. The lowest BCUT2D eigenvalue weighted by molar-refractivity contribution is -0.121. The first-order valence-corrected chi connectivity index (χ1v) is 9.20. The molecule has 0 heterocycles. The van der Waals surface area contributed by atoms with E-state index in [2.05, 4.69) is 41.7 Å². The van der Waals surface area contributed by atoms with Gasteiger partial charge in [-0.2, -0.15) is 0 Å². The fourth-order valence-corrected chi connectivity index (χ4v) is 2.47. The van der Waals surface area contributed by atoms with Crippen molar-refractivity contribution in [2.75, 3.05) is 20.1 Å². The summed E-state index contributed by atoms with van der Waals surface area (Å²) in [5.74, 6) is 1.01. The van der Waals surface area contributed by atoms with Crippen molar-refractivity contribution in [2.24, 2.45) is 10.4 Å². The number of amides is 1. The van der Waals surface area contributed by atoms with Crippen LogP contribution in [0.15, 0.2) is 4.99 Å². The van der Waals surface area contributed by atoms with Crippen LogP contribution < -0.4 is 16.0 Å². The van der Waals surface area contributed by atoms with Gasteiger partial charge in [0.05, 0.1) is 0 Å². The highest BCUT2D eigenvalue weighted by Crippen LogP contribution is 2.22. The Hall–Kier alpha value is -1.26. The molecule has 1 saturated carbocycles. The largest absolute Gasteiger partial charge is 0.356 e. The topological polar surface area (TPSA) is 65.5 Å². The number of guanidine groups is 1. The third-order valence-corrected chi connectivity index (χ3v) is 4.23. The van der Waals surface area contributed by atoms with Gasteiger partial charge in [0, 0.05) is 32.6 Å². The molecule has 5 heteroatoms. The van der Waals surface area contributed by atoms with Crippen molar-refractivity contribution in [1.29, 1.82) is 0 Å². The second-order valence-corrected chi connectivity index (χ2v) is 7.42.